The van der Waals surface area contributed by atoms with Gasteiger partial charge < -0.3 is 5.32 Å². The molecule has 1 rings (SSSR count). The first-order valence-corrected chi connectivity index (χ1v) is 5.54. The monoisotopic (exact) mass is 199 g/mol. The zero-order valence-electron chi connectivity index (χ0n) is 8.50. The van der Waals surface area contributed by atoms with Gasteiger partial charge in [0.1, 0.15) is 5.01 Å². The third-order valence-corrected chi connectivity index (χ3v) is 2.56. The smallest absolute Gasteiger partial charge is 0.205 e. The molecule has 3 nitrogen and oxygen atoms in total. The highest BCUT2D eigenvalue weighted by molar-refractivity contribution is 7.15. The molecule has 0 radical (unpaired) electrons. The fourth-order valence-corrected chi connectivity index (χ4v) is 1.69. The van der Waals surface area contributed by atoms with Crippen LogP contribution in [0.2, 0.25) is 0 Å². The first-order chi connectivity index (χ1) is 6.18. The summed E-state index contributed by atoms with van der Waals surface area (Å²) in [5, 5.41) is 13.2. The molecule has 0 spiro atoms. The highest BCUT2D eigenvalue weighted by Crippen LogP contribution is 2.13. The minimum Gasteiger partial charge on any atom is -0.360 e. The molecule has 1 aromatic heterocycles. The van der Waals surface area contributed by atoms with Crippen molar-refractivity contribution in [3.05, 3.63) is 5.01 Å². The van der Waals surface area contributed by atoms with Crippen LogP contribution in [0.15, 0.2) is 0 Å². The molecule has 0 unspecified atom stereocenters. The van der Waals surface area contributed by atoms with E-state index in [1.165, 1.54) is 12.8 Å². The maximum Gasteiger partial charge on any atom is 0.205 e. The number of hydrogen-bond acceptors (Lipinski definition) is 4. The Morgan fingerprint density at radius 1 is 1.38 bits per heavy atom. The minimum atomic E-state index is 0.790. The molecule has 13 heavy (non-hydrogen) atoms. The quantitative estimate of drug-likeness (QED) is 0.741. The molecule has 4 heteroatoms. The molecule has 0 amide bonds. The molecule has 1 N–H and O–H groups in total. The standard InChI is InChI=1S/C9H17N3S/c1-7(2)5-4-6-10-9-12-11-8(3)13-9/h7H,4-6H2,1-3H3,(H,10,12). The third kappa shape index (κ3) is 4.22. The highest BCUT2D eigenvalue weighted by atomic mass is 32.1. The number of rotatable bonds is 5. The lowest BCUT2D eigenvalue weighted by molar-refractivity contribution is 0.567. The molecule has 0 saturated carbocycles. The molecular formula is C9H17N3S. The van der Waals surface area contributed by atoms with Gasteiger partial charge in [-0.2, -0.15) is 0 Å². The summed E-state index contributed by atoms with van der Waals surface area (Å²) in [6.45, 7) is 7.47. The van der Waals surface area contributed by atoms with Crippen molar-refractivity contribution >= 4 is 16.5 Å². The summed E-state index contributed by atoms with van der Waals surface area (Å²) in [6, 6.07) is 0. The van der Waals surface area contributed by atoms with Crippen LogP contribution in [-0.4, -0.2) is 16.7 Å². The van der Waals surface area contributed by atoms with E-state index in [-0.39, 0.29) is 0 Å². The summed E-state index contributed by atoms with van der Waals surface area (Å²) >= 11 is 1.61. The van der Waals surface area contributed by atoms with Gasteiger partial charge >= 0.3 is 0 Å². The molecule has 1 heterocycles. The van der Waals surface area contributed by atoms with Gasteiger partial charge in [-0.05, 0) is 25.7 Å². The molecule has 0 aliphatic carbocycles. The van der Waals surface area contributed by atoms with E-state index in [0.717, 1.165) is 22.6 Å². The highest BCUT2D eigenvalue weighted by Gasteiger charge is 1.98. The first kappa shape index (κ1) is 10.4. The van der Waals surface area contributed by atoms with Gasteiger partial charge in [0.05, 0.1) is 0 Å². The largest absolute Gasteiger partial charge is 0.360 e. The Labute approximate surface area is 83.6 Å². The van der Waals surface area contributed by atoms with Crippen molar-refractivity contribution in [2.45, 2.75) is 33.6 Å². The van der Waals surface area contributed by atoms with Gasteiger partial charge in [0.15, 0.2) is 0 Å². The fourth-order valence-electron chi connectivity index (χ4n) is 1.07. The van der Waals surface area contributed by atoms with E-state index >= 15 is 0 Å². The fraction of sp³-hybridized carbons (Fsp3) is 0.778. The van der Waals surface area contributed by atoms with Crippen molar-refractivity contribution in [2.75, 3.05) is 11.9 Å². The minimum absolute atomic E-state index is 0.790. The molecule has 0 fully saturated rings. The Hall–Kier alpha value is -0.640. The number of nitrogens with zero attached hydrogens (tertiary/aromatic N) is 2. The zero-order chi connectivity index (χ0) is 9.68. The average Bonchev–Trinajstić information content (AvgIpc) is 2.45. The average molecular weight is 199 g/mol. The van der Waals surface area contributed by atoms with E-state index in [2.05, 4.69) is 29.4 Å². The predicted octanol–water partition coefficient (Wildman–Crippen LogP) is 2.69. The summed E-state index contributed by atoms with van der Waals surface area (Å²) in [6.07, 6.45) is 2.47. The lowest BCUT2D eigenvalue weighted by atomic mass is 10.1. The molecule has 1 aromatic rings. The normalized spacial score (nSPS) is 10.8. The molecule has 0 aliphatic rings. The van der Waals surface area contributed by atoms with Crippen LogP contribution < -0.4 is 5.32 Å². The maximum atomic E-state index is 3.99. The molecule has 0 saturated heterocycles. The Kier molecular flexibility index (Phi) is 4.15. The molecular weight excluding hydrogens is 182 g/mol. The van der Waals surface area contributed by atoms with Crippen molar-refractivity contribution in [1.29, 1.82) is 0 Å². The second-order valence-electron chi connectivity index (χ2n) is 3.59. The van der Waals surface area contributed by atoms with Gasteiger partial charge in [0, 0.05) is 6.54 Å². The third-order valence-electron chi connectivity index (χ3n) is 1.76. The Bertz CT molecular complexity index is 245. The van der Waals surface area contributed by atoms with Crippen LogP contribution in [0.1, 0.15) is 31.7 Å². The number of aromatic nitrogens is 2. The molecule has 0 atom stereocenters. The van der Waals surface area contributed by atoms with E-state index in [1.54, 1.807) is 11.3 Å². The van der Waals surface area contributed by atoms with Gasteiger partial charge in [-0.25, -0.2) is 0 Å². The number of hydrogen-bond donors (Lipinski definition) is 1. The van der Waals surface area contributed by atoms with E-state index in [0.29, 0.717) is 0 Å². The summed E-state index contributed by atoms with van der Waals surface area (Å²) in [7, 11) is 0. The van der Waals surface area contributed by atoms with E-state index < -0.39 is 0 Å². The van der Waals surface area contributed by atoms with Crippen LogP contribution in [0, 0.1) is 12.8 Å². The lowest BCUT2D eigenvalue weighted by Gasteiger charge is -2.04. The van der Waals surface area contributed by atoms with Crippen LogP contribution >= 0.6 is 11.3 Å². The van der Waals surface area contributed by atoms with Gasteiger partial charge in [-0.3, -0.25) is 0 Å². The Balaban J connectivity index is 2.13. The van der Waals surface area contributed by atoms with Crippen LogP contribution in [0.25, 0.3) is 0 Å². The van der Waals surface area contributed by atoms with Crippen molar-refractivity contribution in [1.82, 2.24) is 10.2 Å². The summed E-state index contributed by atoms with van der Waals surface area (Å²) in [4.78, 5) is 0. The summed E-state index contributed by atoms with van der Waals surface area (Å²) in [5.41, 5.74) is 0. The summed E-state index contributed by atoms with van der Waals surface area (Å²) < 4.78 is 0. The van der Waals surface area contributed by atoms with Crippen LogP contribution in [0.5, 0.6) is 0 Å². The Morgan fingerprint density at radius 3 is 2.69 bits per heavy atom. The van der Waals surface area contributed by atoms with Crippen molar-refractivity contribution in [3.63, 3.8) is 0 Å². The Morgan fingerprint density at radius 2 is 2.15 bits per heavy atom. The topological polar surface area (TPSA) is 37.8 Å². The van der Waals surface area contributed by atoms with Crippen molar-refractivity contribution in [3.8, 4) is 0 Å². The molecule has 74 valence electrons. The second kappa shape index (κ2) is 5.17. The number of anilines is 1. The van der Waals surface area contributed by atoms with Gasteiger partial charge in [-0.1, -0.05) is 25.2 Å². The molecule has 0 bridgehead atoms. The van der Waals surface area contributed by atoms with E-state index in [9.17, 15) is 0 Å². The molecule has 0 aromatic carbocycles. The van der Waals surface area contributed by atoms with Gasteiger partial charge in [0.25, 0.3) is 0 Å². The van der Waals surface area contributed by atoms with E-state index in [1.807, 2.05) is 6.92 Å². The zero-order valence-corrected chi connectivity index (χ0v) is 9.32. The first-order valence-electron chi connectivity index (χ1n) is 4.72. The number of aryl methyl sites for hydroxylation is 1. The van der Waals surface area contributed by atoms with Gasteiger partial charge in [0.2, 0.25) is 5.13 Å². The van der Waals surface area contributed by atoms with Crippen molar-refractivity contribution < 1.29 is 0 Å². The van der Waals surface area contributed by atoms with Crippen LogP contribution in [0.3, 0.4) is 0 Å². The van der Waals surface area contributed by atoms with Gasteiger partial charge in [-0.15, -0.1) is 10.2 Å². The number of nitrogens with one attached hydrogen (secondary N) is 1. The van der Waals surface area contributed by atoms with Crippen molar-refractivity contribution in [2.24, 2.45) is 5.92 Å². The SMILES string of the molecule is Cc1nnc(NCCCC(C)C)s1. The predicted molar refractivity (Wildman–Crippen MR) is 57.2 cm³/mol. The maximum absolute atomic E-state index is 3.99. The second-order valence-corrected chi connectivity index (χ2v) is 4.77. The van der Waals surface area contributed by atoms with E-state index in [4.69, 9.17) is 0 Å². The molecule has 0 aliphatic heterocycles. The van der Waals surface area contributed by atoms with Crippen LogP contribution in [-0.2, 0) is 0 Å². The van der Waals surface area contributed by atoms with Crippen LogP contribution in [0.4, 0.5) is 5.13 Å². The lowest BCUT2D eigenvalue weighted by Crippen LogP contribution is -2.02. The summed E-state index contributed by atoms with van der Waals surface area (Å²) in [5.74, 6) is 0.790.